The second-order valence-corrected chi connectivity index (χ2v) is 6.82. The monoisotopic (exact) mass is 328 g/mol. The number of amides is 1. The number of carbonyl (C=O) groups is 2. The maximum atomic E-state index is 12.2. The number of anilines is 1. The van der Waals surface area contributed by atoms with Crippen LogP contribution in [-0.4, -0.2) is 31.4 Å². The first-order valence-corrected chi connectivity index (χ1v) is 8.30. The van der Waals surface area contributed by atoms with E-state index in [1.54, 1.807) is 20.8 Å². The second kappa shape index (κ2) is 7.37. The molecular formula is C14H20N2O5S. The summed E-state index contributed by atoms with van der Waals surface area (Å²) in [7, 11) is -3.94. The molecule has 122 valence electrons. The van der Waals surface area contributed by atoms with Crippen molar-refractivity contribution in [2.24, 2.45) is 5.92 Å². The first-order valence-electron chi connectivity index (χ1n) is 6.82. The molecule has 0 spiro atoms. The van der Waals surface area contributed by atoms with Crippen LogP contribution in [0.4, 0.5) is 5.69 Å². The van der Waals surface area contributed by atoms with Crippen LogP contribution in [0.3, 0.4) is 0 Å². The van der Waals surface area contributed by atoms with Gasteiger partial charge in [-0.25, -0.2) is 8.42 Å². The summed E-state index contributed by atoms with van der Waals surface area (Å²) >= 11 is 0. The Morgan fingerprint density at radius 3 is 2.14 bits per heavy atom. The van der Waals surface area contributed by atoms with Gasteiger partial charge in [0.15, 0.2) is 0 Å². The number of carboxylic acid groups (broad SMARTS) is 1. The van der Waals surface area contributed by atoms with E-state index in [4.69, 9.17) is 5.11 Å². The van der Waals surface area contributed by atoms with Crippen LogP contribution in [0.2, 0.25) is 0 Å². The average molecular weight is 328 g/mol. The number of carboxylic acids is 1. The van der Waals surface area contributed by atoms with Crippen molar-refractivity contribution in [3.05, 3.63) is 24.3 Å². The number of benzene rings is 1. The molecule has 0 unspecified atom stereocenters. The van der Waals surface area contributed by atoms with Crippen molar-refractivity contribution >= 4 is 27.6 Å². The molecule has 0 heterocycles. The first kappa shape index (κ1) is 18.1. The van der Waals surface area contributed by atoms with Crippen molar-refractivity contribution in [1.82, 2.24) is 4.72 Å². The van der Waals surface area contributed by atoms with Gasteiger partial charge in [0.05, 0.1) is 4.90 Å². The quantitative estimate of drug-likeness (QED) is 0.701. The Hall–Kier alpha value is -1.93. The maximum absolute atomic E-state index is 12.2. The third-order valence-electron chi connectivity index (χ3n) is 2.98. The molecule has 0 aliphatic carbocycles. The van der Waals surface area contributed by atoms with Gasteiger partial charge in [-0.2, -0.15) is 4.72 Å². The number of aliphatic carboxylic acids is 1. The van der Waals surface area contributed by atoms with Crippen LogP contribution in [0.1, 0.15) is 27.2 Å². The van der Waals surface area contributed by atoms with Crippen molar-refractivity contribution in [3.8, 4) is 0 Å². The first-order chi connectivity index (χ1) is 10.2. The van der Waals surface area contributed by atoms with Crippen LogP contribution in [0, 0.1) is 5.92 Å². The van der Waals surface area contributed by atoms with Crippen LogP contribution >= 0.6 is 0 Å². The molecule has 1 amide bonds. The summed E-state index contributed by atoms with van der Waals surface area (Å²) < 4.78 is 26.5. The lowest BCUT2D eigenvalue weighted by molar-refractivity contribution is -0.140. The van der Waals surface area contributed by atoms with Crippen molar-refractivity contribution in [2.75, 3.05) is 5.32 Å². The zero-order valence-electron chi connectivity index (χ0n) is 12.7. The zero-order valence-corrected chi connectivity index (χ0v) is 13.5. The van der Waals surface area contributed by atoms with E-state index in [0.29, 0.717) is 12.1 Å². The highest BCUT2D eigenvalue weighted by Crippen LogP contribution is 2.16. The Morgan fingerprint density at radius 1 is 1.18 bits per heavy atom. The van der Waals surface area contributed by atoms with Crippen molar-refractivity contribution in [1.29, 1.82) is 0 Å². The molecule has 0 aliphatic rings. The van der Waals surface area contributed by atoms with Gasteiger partial charge in [-0.1, -0.05) is 20.8 Å². The lowest BCUT2D eigenvalue weighted by atomic mass is 10.1. The lowest BCUT2D eigenvalue weighted by Gasteiger charge is -2.18. The number of sulfonamides is 1. The highest BCUT2D eigenvalue weighted by atomic mass is 32.2. The summed E-state index contributed by atoms with van der Waals surface area (Å²) in [6.45, 7) is 4.94. The van der Waals surface area contributed by atoms with Crippen molar-refractivity contribution < 1.29 is 23.1 Å². The second-order valence-electron chi connectivity index (χ2n) is 5.11. The van der Waals surface area contributed by atoms with Gasteiger partial charge in [-0.15, -0.1) is 0 Å². The summed E-state index contributed by atoms with van der Waals surface area (Å²) in [4.78, 5) is 22.3. The van der Waals surface area contributed by atoms with Gasteiger partial charge in [-0.05, 0) is 30.2 Å². The van der Waals surface area contributed by atoms with E-state index in [1.165, 1.54) is 24.3 Å². The fourth-order valence-corrected chi connectivity index (χ4v) is 3.01. The summed E-state index contributed by atoms with van der Waals surface area (Å²) in [6, 6.07) is 4.32. The largest absolute Gasteiger partial charge is 0.480 e. The molecule has 0 saturated carbocycles. The minimum absolute atomic E-state index is 0.0612. The molecule has 0 saturated heterocycles. The molecule has 0 radical (unpaired) electrons. The van der Waals surface area contributed by atoms with Gasteiger partial charge in [0.25, 0.3) is 0 Å². The van der Waals surface area contributed by atoms with Crippen LogP contribution in [-0.2, 0) is 19.6 Å². The molecule has 8 heteroatoms. The minimum Gasteiger partial charge on any atom is -0.480 e. The molecule has 0 aromatic heterocycles. The molecule has 1 atom stereocenters. The Bertz CT molecular complexity index is 638. The van der Waals surface area contributed by atoms with Gasteiger partial charge in [-0.3, -0.25) is 9.59 Å². The number of hydrogen-bond donors (Lipinski definition) is 3. The molecule has 1 aromatic carbocycles. The van der Waals surface area contributed by atoms with Crippen LogP contribution in [0.15, 0.2) is 29.2 Å². The number of nitrogens with one attached hydrogen (secondary N) is 2. The zero-order chi connectivity index (χ0) is 16.9. The van der Waals surface area contributed by atoms with Gasteiger partial charge in [0, 0.05) is 12.1 Å². The molecule has 7 nitrogen and oxygen atoms in total. The fraction of sp³-hybridized carbons (Fsp3) is 0.429. The van der Waals surface area contributed by atoms with Crippen molar-refractivity contribution in [3.63, 3.8) is 0 Å². The Morgan fingerprint density at radius 2 is 1.73 bits per heavy atom. The third kappa shape index (κ3) is 4.81. The minimum atomic E-state index is -3.94. The van der Waals surface area contributed by atoms with E-state index in [0.717, 1.165) is 0 Å². The van der Waals surface area contributed by atoms with Gasteiger partial charge in [0.2, 0.25) is 15.9 Å². The van der Waals surface area contributed by atoms with Gasteiger partial charge in [0.1, 0.15) is 6.04 Å². The van der Waals surface area contributed by atoms with E-state index in [9.17, 15) is 18.0 Å². The van der Waals surface area contributed by atoms with Gasteiger partial charge >= 0.3 is 5.97 Å². The topological polar surface area (TPSA) is 113 Å². The third-order valence-corrected chi connectivity index (χ3v) is 4.44. The van der Waals surface area contributed by atoms with E-state index in [2.05, 4.69) is 10.0 Å². The Kier molecular flexibility index (Phi) is 6.07. The smallest absolute Gasteiger partial charge is 0.322 e. The normalized spacial score (nSPS) is 12.9. The van der Waals surface area contributed by atoms with Crippen LogP contribution < -0.4 is 10.0 Å². The molecule has 0 bridgehead atoms. The number of hydrogen-bond acceptors (Lipinski definition) is 4. The van der Waals surface area contributed by atoms with E-state index in [1.807, 2.05) is 0 Å². The fourth-order valence-electron chi connectivity index (χ4n) is 1.67. The molecule has 1 aromatic rings. The summed E-state index contributed by atoms with van der Waals surface area (Å²) in [6.07, 6.45) is 0.316. The van der Waals surface area contributed by atoms with Crippen LogP contribution in [0.25, 0.3) is 0 Å². The van der Waals surface area contributed by atoms with Crippen LogP contribution in [0.5, 0.6) is 0 Å². The highest BCUT2D eigenvalue weighted by molar-refractivity contribution is 7.89. The molecule has 1 rings (SSSR count). The Balaban J connectivity index is 2.94. The molecule has 0 aliphatic heterocycles. The van der Waals surface area contributed by atoms with E-state index >= 15 is 0 Å². The maximum Gasteiger partial charge on any atom is 0.322 e. The number of carbonyl (C=O) groups excluding carboxylic acids is 1. The molecule has 22 heavy (non-hydrogen) atoms. The summed E-state index contributed by atoms with van der Waals surface area (Å²) in [5.41, 5.74) is 0.476. The Labute approximate surface area is 129 Å². The lowest BCUT2D eigenvalue weighted by Crippen LogP contribution is -2.44. The summed E-state index contributed by atoms with van der Waals surface area (Å²) in [5, 5.41) is 11.6. The molecule has 0 fully saturated rings. The molecular weight excluding hydrogens is 308 g/mol. The van der Waals surface area contributed by atoms with E-state index < -0.39 is 28.0 Å². The standard InChI is InChI=1S/C14H20N2O5S/c1-4-12(17)15-10-5-7-11(8-6-10)22(20,21)16-13(9(2)3)14(18)19/h5-9,13,16H,4H2,1-3H3,(H,15,17)(H,18,19)/t13-/m1/s1. The predicted octanol–water partition coefficient (Wildman–Crippen LogP) is 1.42. The van der Waals surface area contributed by atoms with E-state index in [-0.39, 0.29) is 10.8 Å². The summed E-state index contributed by atoms with van der Waals surface area (Å²) in [5.74, 6) is -1.81. The average Bonchev–Trinajstić information content (AvgIpc) is 2.44. The predicted molar refractivity (Wildman–Crippen MR) is 81.9 cm³/mol. The van der Waals surface area contributed by atoms with Crippen molar-refractivity contribution in [2.45, 2.75) is 38.1 Å². The highest BCUT2D eigenvalue weighted by Gasteiger charge is 2.27. The SMILES string of the molecule is CCC(=O)Nc1ccc(S(=O)(=O)N[C@@H](C(=O)O)C(C)C)cc1. The molecule has 3 N–H and O–H groups in total. The number of rotatable bonds is 7. The van der Waals surface area contributed by atoms with Gasteiger partial charge < -0.3 is 10.4 Å².